The molecule has 0 bridgehead atoms. The van der Waals surface area contributed by atoms with Crippen LogP contribution in [0.5, 0.6) is 0 Å². The van der Waals surface area contributed by atoms with E-state index < -0.39 is 5.41 Å². The van der Waals surface area contributed by atoms with Crippen molar-refractivity contribution in [3.63, 3.8) is 0 Å². The molecule has 0 saturated heterocycles. The van der Waals surface area contributed by atoms with Crippen LogP contribution >= 0.6 is 0 Å². The van der Waals surface area contributed by atoms with Gasteiger partial charge in [0.15, 0.2) is 0 Å². The molecule has 3 heteroatoms. The van der Waals surface area contributed by atoms with Crippen LogP contribution < -0.4 is 5.32 Å². The largest absolute Gasteiger partial charge is 0.467 e. The molecule has 0 amide bonds. The van der Waals surface area contributed by atoms with Crippen LogP contribution in [-0.4, -0.2) is 19.1 Å². The highest BCUT2D eigenvalue weighted by molar-refractivity contribution is 5.86. The Morgan fingerprint density at radius 1 is 0.857 bits per heavy atom. The first-order valence-electron chi connectivity index (χ1n) is 9.79. The molecule has 1 fully saturated rings. The lowest BCUT2D eigenvalue weighted by atomic mass is 9.55. The minimum Gasteiger partial charge on any atom is -0.467 e. The predicted octanol–water partition coefficient (Wildman–Crippen LogP) is 4.77. The topological polar surface area (TPSA) is 38.3 Å². The number of ether oxygens (including phenoxy) is 1. The maximum absolute atomic E-state index is 12.9. The molecule has 28 heavy (non-hydrogen) atoms. The first-order chi connectivity index (χ1) is 13.7. The van der Waals surface area contributed by atoms with Crippen molar-refractivity contribution in [3.05, 3.63) is 102 Å². The number of carbonyl (C=O) groups excluding carboxylic acids is 1. The minimum atomic E-state index is -0.407. The molecule has 1 saturated carbocycles. The lowest BCUT2D eigenvalue weighted by Gasteiger charge is -2.50. The van der Waals surface area contributed by atoms with Crippen LogP contribution in [0.25, 0.3) is 0 Å². The van der Waals surface area contributed by atoms with Gasteiger partial charge in [-0.15, -0.1) is 0 Å². The Morgan fingerprint density at radius 2 is 1.39 bits per heavy atom. The number of hydrogen-bond donors (Lipinski definition) is 1. The van der Waals surface area contributed by atoms with Gasteiger partial charge in [-0.25, -0.2) is 4.79 Å². The highest BCUT2D eigenvalue weighted by Gasteiger charge is 2.69. The highest BCUT2D eigenvalue weighted by Crippen LogP contribution is 2.70. The molecule has 1 spiro atoms. The van der Waals surface area contributed by atoms with Crippen molar-refractivity contribution in [2.45, 2.75) is 24.3 Å². The van der Waals surface area contributed by atoms with Crippen molar-refractivity contribution in [1.82, 2.24) is 0 Å². The third-order valence-corrected chi connectivity index (χ3v) is 6.57. The fourth-order valence-corrected chi connectivity index (χ4v) is 5.34. The molecule has 1 aliphatic heterocycles. The fraction of sp³-hybridized carbons (Fsp3) is 0.240. The van der Waals surface area contributed by atoms with Crippen LogP contribution in [0, 0.1) is 5.41 Å². The summed E-state index contributed by atoms with van der Waals surface area (Å²) in [7, 11) is 1.48. The number of esters is 1. The molecular formula is C25H23NO2. The van der Waals surface area contributed by atoms with E-state index in [4.69, 9.17) is 4.74 Å². The van der Waals surface area contributed by atoms with E-state index in [1.54, 1.807) is 0 Å². The van der Waals surface area contributed by atoms with Crippen LogP contribution in [0.4, 0.5) is 5.69 Å². The Labute approximate surface area is 165 Å². The van der Waals surface area contributed by atoms with E-state index in [1.807, 2.05) is 18.2 Å². The lowest BCUT2D eigenvalue weighted by Crippen LogP contribution is -2.55. The summed E-state index contributed by atoms with van der Waals surface area (Å²) in [4.78, 5) is 12.9. The molecule has 3 nitrogen and oxygen atoms in total. The summed E-state index contributed by atoms with van der Waals surface area (Å²) in [5.41, 5.74) is 4.02. The Morgan fingerprint density at radius 3 is 1.93 bits per heavy atom. The zero-order chi connectivity index (χ0) is 19.2. The quantitative estimate of drug-likeness (QED) is 0.676. The van der Waals surface area contributed by atoms with E-state index in [0.29, 0.717) is 0 Å². The average Bonchev–Trinajstić information content (AvgIpc) is 3.55. The maximum atomic E-state index is 12.9. The van der Waals surface area contributed by atoms with E-state index in [-0.39, 0.29) is 17.4 Å². The van der Waals surface area contributed by atoms with Crippen LogP contribution in [0.1, 0.15) is 29.5 Å². The number of nitrogens with one attached hydrogen (secondary N) is 1. The number of methoxy groups -OCH3 is 1. The molecule has 1 heterocycles. The molecular weight excluding hydrogens is 346 g/mol. The van der Waals surface area contributed by atoms with Gasteiger partial charge in [-0.2, -0.15) is 0 Å². The first kappa shape index (κ1) is 17.1. The van der Waals surface area contributed by atoms with Crippen molar-refractivity contribution in [1.29, 1.82) is 0 Å². The molecule has 2 aliphatic rings. The summed E-state index contributed by atoms with van der Waals surface area (Å²) < 4.78 is 5.24. The van der Waals surface area contributed by atoms with Gasteiger partial charge in [0, 0.05) is 11.1 Å². The molecule has 1 N–H and O–H groups in total. The average molecular weight is 369 g/mol. The minimum absolute atomic E-state index is 0.191. The molecule has 1 unspecified atom stereocenters. The number of para-hydroxylation sites is 1. The van der Waals surface area contributed by atoms with Gasteiger partial charge in [0.05, 0.1) is 12.5 Å². The molecule has 5 rings (SSSR count). The number of carbonyl (C=O) groups is 1. The van der Waals surface area contributed by atoms with Gasteiger partial charge in [0.2, 0.25) is 0 Å². The van der Waals surface area contributed by atoms with Crippen molar-refractivity contribution in [3.8, 4) is 0 Å². The van der Waals surface area contributed by atoms with Crippen molar-refractivity contribution in [2.24, 2.45) is 5.41 Å². The fourth-order valence-electron chi connectivity index (χ4n) is 5.34. The van der Waals surface area contributed by atoms with E-state index in [9.17, 15) is 4.79 Å². The van der Waals surface area contributed by atoms with Crippen molar-refractivity contribution in [2.75, 3.05) is 12.4 Å². The molecule has 140 valence electrons. The summed E-state index contributed by atoms with van der Waals surface area (Å²) >= 11 is 0. The third kappa shape index (κ3) is 2.13. The zero-order valence-corrected chi connectivity index (χ0v) is 15.9. The second-order valence-electron chi connectivity index (χ2n) is 7.78. The first-order valence-corrected chi connectivity index (χ1v) is 9.79. The van der Waals surface area contributed by atoms with Crippen LogP contribution in [0.3, 0.4) is 0 Å². The van der Waals surface area contributed by atoms with Gasteiger partial charge in [0.25, 0.3) is 0 Å². The van der Waals surface area contributed by atoms with Gasteiger partial charge in [0.1, 0.15) is 6.04 Å². The highest BCUT2D eigenvalue weighted by atomic mass is 16.5. The molecule has 3 aromatic carbocycles. The molecule has 1 aliphatic carbocycles. The third-order valence-electron chi connectivity index (χ3n) is 6.57. The Bertz CT molecular complexity index is 969. The summed E-state index contributed by atoms with van der Waals surface area (Å²) in [5.74, 6) is -0.191. The number of anilines is 1. The number of fused-ring (bicyclic) bond motifs is 1. The Balaban J connectivity index is 1.90. The lowest BCUT2D eigenvalue weighted by molar-refractivity contribution is -0.143. The Kier molecular flexibility index (Phi) is 3.80. The van der Waals surface area contributed by atoms with E-state index in [1.165, 1.54) is 23.8 Å². The van der Waals surface area contributed by atoms with Crippen molar-refractivity contribution < 1.29 is 9.53 Å². The number of hydrogen-bond acceptors (Lipinski definition) is 3. The van der Waals surface area contributed by atoms with Crippen LogP contribution in [0.2, 0.25) is 0 Å². The van der Waals surface area contributed by atoms with E-state index >= 15 is 0 Å². The predicted molar refractivity (Wildman–Crippen MR) is 110 cm³/mol. The SMILES string of the molecule is COC(=O)C1Nc2ccccc2C(c2ccccc2)(c2ccccc2)C12CC2. The molecule has 0 aromatic heterocycles. The van der Waals surface area contributed by atoms with Gasteiger partial charge >= 0.3 is 5.97 Å². The molecule has 3 aromatic rings. The summed E-state index contributed by atoms with van der Waals surface area (Å²) in [5, 5.41) is 3.52. The monoisotopic (exact) mass is 369 g/mol. The normalized spacial score (nSPS) is 20.7. The summed E-state index contributed by atoms with van der Waals surface area (Å²) in [6.07, 6.45) is 1.94. The standard InChI is InChI=1S/C25H23NO2/c1-28-23(27)22-24(16-17-24)25(18-10-4-2-5-11-18,19-12-6-3-7-13-19)20-14-8-9-15-21(20)26-22/h2-15,22,26H,16-17H2,1H3. The number of rotatable bonds is 3. The van der Waals surface area contributed by atoms with Gasteiger partial charge in [-0.05, 0) is 35.6 Å². The summed E-state index contributed by atoms with van der Waals surface area (Å²) in [6, 6.07) is 29.3. The van der Waals surface area contributed by atoms with E-state index in [2.05, 4.69) is 72.0 Å². The second kappa shape index (κ2) is 6.23. The smallest absolute Gasteiger partial charge is 0.328 e. The summed E-state index contributed by atoms with van der Waals surface area (Å²) in [6.45, 7) is 0. The van der Waals surface area contributed by atoms with Gasteiger partial charge in [-0.3, -0.25) is 0 Å². The van der Waals surface area contributed by atoms with Crippen LogP contribution in [0.15, 0.2) is 84.9 Å². The van der Waals surface area contributed by atoms with Crippen LogP contribution in [-0.2, 0) is 14.9 Å². The van der Waals surface area contributed by atoms with Crippen molar-refractivity contribution >= 4 is 11.7 Å². The van der Waals surface area contributed by atoms with E-state index in [0.717, 1.165) is 18.5 Å². The van der Waals surface area contributed by atoms with Gasteiger partial charge in [-0.1, -0.05) is 78.9 Å². The molecule has 0 radical (unpaired) electrons. The maximum Gasteiger partial charge on any atom is 0.328 e. The zero-order valence-electron chi connectivity index (χ0n) is 15.9. The molecule has 1 atom stereocenters. The van der Waals surface area contributed by atoms with Gasteiger partial charge < -0.3 is 10.1 Å². The number of benzene rings is 3. The second-order valence-corrected chi connectivity index (χ2v) is 7.78. The Hall–Kier alpha value is -3.07.